The second kappa shape index (κ2) is 43.7. The molecule has 7 aromatic rings. The average Bonchev–Trinajstić information content (AvgIpc) is 1.60. The van der Waals surface area contributed by atoms with Gasteiger partial charge in [-0.15, -0.1) is 0 Å². The number of benzene rings is 3. The molecule has 0 aliphatic carbocycles. The van der Waals surface area contributed by atoms with Crippen molar-refractivity contribution < 1.29 is 85.8 Å². The fourth-order valence-corrected chi connectivity index (χ4v) is 11.6. The summed E-state index contributed by atoms with van der Waals surface area (Å²) in [5, 5.41) is 25.8. The summed E-state index contributed by atoms with van der Waals surface area (Å²) in [6.45, 7) is 15.3. The number of rotatable bonds is 45. The van der Waals surface area contributed by atoms with Crippen LogP contribution in [0.1, 0.15) is 118 Å². The van der Waals surface area contributed by atoms with E-state index < -0.39 is 41.2 Å². The van der Waals surface area contributed by atoms with Crippen molar-refractivity contribution in [1.82, 2.24) is 49.5 Å². The summed E-state index contributed by atoms with van der Waals surface area (Å²) in [6, 6.07) is 24.1. The van der Waals surface area contributed by atoms with Crippen LogP contribution in [0.15, 0.2) is 104 Å². The van der Waals surface area contributed by atoms with E-state index in [0.29, 0.717) is 122 Å². The zero-order valence-electron chi connectivity index (χ0n) is 64.1. The minimum atomic E-state index is -0.687. The third-order valence-corrected chi connectivity index (χ3v) is 16.9. The van der Waals surface area contributed by atoms with E-state index in [1.165, 1.54) is 44.4 Å². The Balaban J connectivity index is 0.569. The minimum absolute atomic E-state index is 0.00552. The number of alkyl carbamates (subject to hydrolysis) is 1. The van der Waals surface area contributed by atoms with Crippen LogP contribution in [0.25, 0.3) is 11.1 Å². The minimum Gasteiger partial charge on any atom is -0.444 e. The number of carbonyl (C=O) groups is 9. The van der Waals surface area contributed by atoms with Crippen molar-refractivity contribution in [3.8, 4) is 11.1 Å². The van der Waals surface area contributed by atoms with Gasteiger partial charge in [0.2, 0.25) is 29.4 Å². The van der Waals surface area contributed by atoms with Gasteiger partial charge < -0.3 is 114 Å². The Bertz CT molecular complexity index is 4250. The van der Waals surface area contributed by atoms with E-state index in [1.54, 1.807) is 78.8 Å². The van der Waals surface area contributed by atoms with Crippen LogP contribution in [0.5, 0.6) is 0 Å². The molecule has 4 aromatic heterocycles. The molecular formula is C76H101ClN16O18. The van der Waals surface area contributed by atoms with Crippen molar-refractivity contribution >= 4 is 99.3 Å². The average molecular weight is 1560 g/mol. The molecule has 35 heteroatoms. The molecule has 8 rings (SSSR count). The number of aromatic nitrogens is 6. The number of nitrogens with one attached hydrogen (secondary N) is 9. The van der Waals surface area contributed by atoms with Crippen molar-refractivity contribution in [3.63, 3.8) is 0 Å². The second-order valence-corrected chi connectivity index (χ2v) is 27.1. The van der Waals surface area contributed by atoms with Crippen LogP contribution in [0.3, 0.4) is 0 Å². The third-order valence-electron chi connectivity index (χ3n) is 16.7. The predicted molar refractivity (Wildman–Crippen MR) is 414 cm³/mol. The zero-order valence-corrected chi connectivity index (χ0v) is 64.8. The molecule has 0 saturated carbocycles. The van der Waals surface area contributed by atoms with E-state index >= 15 is 0 Å². The Morgan fingerprint density at radius 3 is 1.32 bits per heavy atom. The quantitative estimate of drug-likeness (QED) is 0.0176. The van der Waals surface area contributed by atoms with Crippen LogP contribution in [0.2, 0.25) is 5.02 Å². The van der Waals surface area contributed by atoms with Crippen molar-refractivity contribution in [2.45, 2.75) is 71.6 Å². The van der Waals surface area contributed by atoms with Gasteiger partial charge >= 0.3 is 6.09 Å². The number of hydrogen-bond acceptors (Lipinski definition) is 21. The van der Waals surface area contributed by atoms with E-state index in [1.807, 2.05) is 53.4 Å². The molecule has 0 spiro atoms. The molecule has 0 bridgehead atoms. The fourth-order valence-electron chi connectivity index (χ4n) is 11.5. The van der Waals surface area contributed by atoms with Gasteiger partial charge in [0.15, 0.2) is 11.6 Å². The summed E-state index contributed by atoms with van der Waals surface area (Å²) < 4.78 is 55.7. The summed E-state index contributed by atoms with van der Waals surface area (Å²) in [7, 11) is 6.40. The first kappa shape index (κ1) is 86.0. The highest BCUT2D eigenvalue weighted by Gasteiger charge is 2.33. The van der Waals surface area contributed by atoms with Crippen molar-refractivity contribution in [1.29, 1.82) is 0 Å². The normalized spacial score (nSPS) is 13.2. The number of hydrogen-bond donors (Lipinski definition) is 9. The number of imidazole rings is 2. The molecule has 111 heavy (non-hydrogen) atoms. The number of carbonyl (C=O) groups excluding carboxylic acids is 9. The Labute approximate surface area is 648 Å². The van der Waals surface area contributed by atoms with Gasteiger partial charge in [0.05, 0.1) is 123 Å². The molecule has 1 aliphatic heterocycles. The van der Waals surface area contributed by atoms with Gasteiger partial charge in [0.25, 0.3) is 29.5 Å². The van der Waals surface area contributed by atoms with E-state index in [4.69, 9.17) is 54.2 Å². The van der Waals surface area contributed by atoms with Gasteiger partial charge in [0, 0.05) is 127 Å². The second-order valence-electron chi connectivity index (χ2n) is 26.7. The van der Waals surface area contributed by atoms with Gasteiger partial charge in [-0.2, -0.15) is 0 Å². The number of nitrogens with zero attached hydrogens (tertiary/aromatic N) is 7. The highest BCUT2D eigenvalue weighted by molar-refractivity contribution is 6.30. The number of halogens is 1. The summed E-state index contributed by atoms with van der Waals surface area (Å²) in [5.41, 5.74) is 5.68. The molecule has 1 aliphatic rings. The molecule has 0 unspecified atom stereocenters. The SMILES string of the molecule is CC(=O)N1c2ccc(-c3ccc(C(=O)NCCOCCOCCOCCOCCOCCOCCOCCOCCNC(=O)c4cc(NC(=O)c5nc(NC(=O)CCNC(=O)c6cc(NC(=O)c7nc(NC(=O)CCNC(=O)OC(C)(C)C)cn7C)cn6C)cn5C)cn4C)cc3)cc2[C@H](Nc2ccc(Cl)cc2)C[C@@H]1C. The Kier molecular flexibility index (Phi) is 33.9. The summed E-state index contributed by atoms with van der Waals surface area (Å²) in [6.07, 6.45) is 5.85. The third kappa shape index (κ3) is 28.4. The maximum atomic E-state index is 13.3. The first-order valence-electron chi connectivity index (χ1n) is 36.4. The standard InChI is InChI=1S/C76H101ClN16O18/c1-50-42-60(82-56-17-15-55(77)16-18-56)59-43-54(14-19-61(59)93(50)51(2)94)52-10-12-53(13-11-52)70(97)79-24-26-103-28-30-105-32-34-107-36-38-109-40-41-110-39-37-108-35-33-106-31-29-104-27-25-80-72(99)63-45-58(47-90(63)7)84-74(101)68-87-64(48-91(68)8)85-66(95)20-22-78-71(98)62-44-57(46-89(62)6)83-73(100)69-88-65(49-92(69)9)86-67(96)21-23-81-75(102)111-76(3,4)5/h10-19,43-50,60,82H,20-42H2,1-9H3,(H,78,98)(H,79,97)(H,80,99)(H,81,102)(H,83,100)(H,84,101)(H,85,95)(H,86,96)/t50-,60+/m0/s1. The van der Waals surface area contributed by atoms with Crippen LogP contribution in [0.4, 0.5) is 39.2 Å². The highest BCUT2D eigenvalue weighted by atomic mass is 35.5. The lowest BCUT2D eigenvalue weighted by molar-refractivity contribution is -0.117. The summed E-state index contributed by atoms with van der Waals surface area (Å²) >= 11 is 6.14. The van der Waals surface area contributed by atoms with Crippen molar-refractivity contribution in [2.24, 2.45) is 28.2 Å². The van der Waals surface area contributed by atoms with Crippen LogP contribution in [-0.2, 0) is 85.2 Å². The van der Waals surface area contributed by atoms with E-state index in [2.05, 4.69) is 70.8 Å². The molecule has 3 aromatic carbocycles. The summed E-state index contributed by atoms with van der Waals surface area (Å²) in [5.74, 6) is -3.14. The molecule has 34 nitrogen and oxygen atoms in total. The van der Waals surface area contributed by atoms with Gasteiger partial charge in [0.1, 0.15) is 17.0 Å². The Hall–Kier alpha value is -10.6. The number of fused-ring (bicyclic) bond motifs is 1. The first-order chi connectivity index (χ1) is 53.3. The number of ether oxygens (including phenoxy) is 9. The first-order valence-corrected chi connectivity index (χ1v) is 36.8. The fraction of sp³-hybridized carbons (Fsp3) is 0.461. The Morgan fingerprint density at radius 1 is 0.459 bits per heavy atom. The lowest BCUT2D eigenvalue weighted by atomic mass is 9.88. The highest BCUT2D eigenvalue weighted by Crippen LogP contribution is 2.41. The van der Waals surface area contributed by atoms with Gasteiger partial charge in [-0.3, -0.25) is 38.4 Å². The van der Waals surface area contributed by atoms with Crippen LogP contribution >= 0.6 is 11.6 Å². The topological polar surface area (TPSA) is 394 Å². The molecule has 600 valence electrons. The lowest BCUT2D eigenvalue weighted by Crippen LogP contribution is -2.43. The van der Waals surface area contributed by atoms with Gasteiger partial charge in [-0.25, -0.2) is 14.8 Å². The van der Waals surface area contributed by atoms with Crippen LogP contribution in [0, 0.1) is 0 Å². The molecule has 0 radical (unpaired) electrons. The number of aryl methyl sites for hydroxylation is 4. The van der Waals surface area contributed by atoms with Crippen LogP contribution in [-0.4, -0.2) is 225 Å². The maximum Gasteiger partial charge on any atom is 0.407 e. The van der Waals surface area contributed by atoms with Gasteiger partial charge in [-0.1, -0.05) is 29.8 Å². The maximum absolute atomic E-state index is 13.3. The Morgan fingerprint density at radius 2 is 0.874 bits per heavy atom. The predicted octanol–water partition coefficient (Wildman–Crippen LogP) is 6.86. The van der Waals surface area contributed by atoms with E-state index in [0.717, 1.165) is 34.5 Å². The molecule has 9 N–H and O–H groups in total. The number of anilines is 6. The molecule has 0 saturated heterocycles. The summed E-state index contributed by atoms with van der Waals surface area (Å²) in [4.78, 5) is 126. The number of amides is 9. The smallest absolute Gasteiger partial charge is 0.407 e. The molecule has 9 amide bonds. The van der Waals surface area contributed by atoms with E-state index in [9.17, 15) is 43.2 Å². The molecular weight excluding hydrogens is 1460 g/mol. The van der Waals surface area contributed by atoms with Crippen molar-refractivity contribution in [2.75, 3.05) is 163 Å². The largest absolute Gasteiger partial charge is 0.444 e. The molecule has 5 heterocycles. The van der Waals surface area contributed by atoms with Crippen LogP contribution < -0.4 is 52.8 Å². The molecule has 2 atom stereocenters. The monoisotopic (exact) mass is 1560 g/mol. The van der Waals surface area contributed by atoms with Crippen molar-refractivity contribution in [3.05, 3.63) is 143 Å². The van der Waals surface area contributed by atoms with Gasteiger partial charge in [-0.05, 0) is 111 Å². The molecule has 0 fully saturated rings. The van der Waals surface area contributed by atoms with E-state index in [-0.39, 0.29) is 109 Å². The zero-order chi connectivity index (χ0) is 79.8. The lowest BCUT2D eigenvalue weighted by Gasteiger charge is -2.39.